The largest absolute Gasteiger partial charge is 0.469 e. The maximum absolute atomic E-state index is 12.4. The second-order valence-electron chi connectivity index (χ2n) is 5.57. The predicted octanol–water partition coefficient (Wildman–Crippen LogP) is 4.14. The number of hydrogen-bond donors (Lipinski definition) is 1. The standard InChI is InChI=1S/C18H19NO3S2/c1-22-17(20)8-9-23-14-6-3-5-13(11-14)19-18(21)16-10-12-4-2-7-15(12)24-16/h3,5-6,10-11H,2,4,7-9H2,1H3,(H,19,21). The molecule has 0 saturated carbocycles. The van der Waals surface area contributed by atoms with E-state index in [2.05, 4.69) is 10.1 Å². The summed E-state index contributed by atoms with van der Waals surface area (Å²) in [4.78, 5) is 26.7. The number of amides is 1. The molecule has 1 amide bonds. The van der Waals surface area contributed by atoms with E-state index in [9.17, 15) is 9.59 Å². The van der Waals surface area contributed by atoms with E-state index in [4.69, 9.17) is 0 Å². The highest BCUT2D eigenvalue weighted by Gasteiger charge is 2.18. The maximum atomic E-state index is 12.4. The van der Waals surface area contributed by atoms with Gasteiger partial charge in [-0.2, -0.15) is 0 Å². The third-order valence-corrected chi connectivity index (χ3v) is 6.10. The van der Waals surface area contributed by atoms with E-state index in [1.165, 1.54) is 24.0 Å². The molecule has 0 unspecified atom stereocenters. The van der Waals surface area contributed by atoms with Gasteiger partial charge in [-0.3, -0.25) is 9.59 Å². The van der Waals surface area contributed by atoms with Crippen molar-refractivity contribution in [1.29, 1.82) is 0 Å². The Hall–Kier alpha value is -1.79. The first kappa shape index (κ1) is 17.0. The molecule has 3 rings (SSSR count). The molecule has 1 aliphatic rings. The van der Waals surface area contributed by atoms with Gasteiger partial charge in [-0.1, -0.05) is 6.07 Å². The summed E-state index contributed by atoms with van der Waals surface area (Å²) in [6.45, 7) is 0. The van der Waals surface area contributed by atoms with E-state index in [0.717, 1.165) is 28.3 Å². The molecule has 4 nitrogen and oxygen atoms in total. The van der Waals surface area contributed by atoms with Gasteiger partial charge in [0.1, 0.15) is 0 Å². The van der Waals surface area contributed by atoms with Crippen molar-refractivity contribution in [3.8, 4) is 0 Å². The Kier molecular flexibility index (Phi) is 5.58. The lowest BCUT2D eigenvalue weighted by Crippen LogP contribution is -2.10. The van der Waals surface area contributed by atoms with Gasteiger partial charge >= 0.3 is 5.97 Å². The van der Waals surface area contributed by atoms with Gasteiger partial charge in [0.15, 0.2) is 0 Å². The minimum Gasteiger partial charge on any atom is -0.469 e. The van der Waals surface area contributed by atoms with Gasteiger partial charge in [0.2, 0.25) is 0 Å². The number of anilines is 1. The van der Waals surface area contributed by atoms with Crippen LogP contribution in [0.3, 0.4) is 0 Å². The number of carbonyl (C=O) groups is 2. The molecule has 1 aromatic carbocycles. The molecule has 2 aromatic rings. The molecule has 0 radical (unpaired) electrons. The number of benzene rings is 1. The van der Waals surface area contributed by atoms with Crippen LogP contribution >= 0.6 is 23.1 Å². The molecule has 0 saturated heterocycles. The van der Waals surface area contributed by atoms with Crippen molar-refractivity contribution < 1.29 is 14.3 Å². The van der Waals surface area contributed by atoms with Crippen LogP contribution in [0.4, 0.5) is 5.69 Å². The van der Waals surface area contributed by atoms with Crippen molar-refractivity contribution >= 4 is 40.7 Å². The van der Waals surface area contributed by atoms with E-state index < -0.39 is 0 Å². The van der Waals surface area contributed by atoms with Gasteiger partial charge in [0.25, 0.3) is 5.91 Å². The summed E-state index contributed by atoms with van der Waals surface area (Å²) in [5, 5.41) is 2.96. The number of nitrogens with one attached hydrogen (secondary N) is 1. The molecule has 0 spiro atoms. The van der Waals surface area contributed by atoms with Crippen molar-refractivity contribution in [2.75, 3.05) is 18.2 Å². The van der Waals surface area contributed by atoms with Gasteiger partial charge in [0, 0.05) is 21.2 Å². The summed E-state index contributed by atoms with van der Waals surface area (Å²) < 4.78 is 4.63. The molecular weight excluding hydrogens is 342 g/mol. The Balaban J connectivity index is 1.59. The average Bonchev–Trinajstić information content (AvgIpc) is 3.16. The van der Waals surface area contributed by atoms with E-state index in [1.54, 1.807) is 23.1 Å². The number of carbonyl (C=O) groups excluding carboxylic acids is 2. The highest BCUT2D eigenvalue weighted by molar-refractivity contribution is 7.99. The van der Waals surface area contributed by atoms with Gasteiger partial charge in [-0.15, -0.1) is 23.1 Å². The fourth-order valence-corrected chi connectivity index (χ4v) is 4.69. The zero-order valence-corrected chi connectivity index (χ0v) is 15.1. The molecule has 1 heterocycles. The smallest absolute Gasteiger partial charge is 0.306 e. The summed E-state index contributed by atoms with van der Waals surface area (Å²) in [6.07, 6.45) is 3.76. The van der Waals surface area contributed by atoms with Gasteiger partial charge in [-0.05, 0) is 49.1 Å². The third-order valence-electron chi connectivity index (χ3n) is 3.86. The topological polar surface area (TPSA) is 55.4 Å². The average molecular weight is 361 g/mol. The fraction of sp³-hybridized carbons (Fsp3) is 0.333. The number of thioether (sulfide) groups is 1. The van der Waals surface area contributed by atoms with Crippen LogP contribution in [0, 0.1) is 0 Å². The monoisotopic (exact) mass is 361 g/mol. The van der Waals surface area contributed by atoms with Crippen LogP contribution in [-0.4, -0.2) is 24.7 Å². The highest BCUT2D eigenvalue weighted by atomic mass is 32.2. The van der Waals surface area contributed by atoms with Gasteiger partial charge in [-0.25, -0.2) is 0 Å². The number of ether oxygens (including phenoxy) is 1. The first-order valence-corrected chi connectivity index (χ1v) is 9.68. The van der Waals surface area contributed by atoms with Crippen LogP contribution in [0.25, 0.3) is 0 Å². The van der Waals surface area contributed by atoms with Gasteiger partial charge < -0.3 is 10.1 Å². The lowest BCUT2D eigenvalue weighted by atomic mass is 10.2. The normalized spacial score (nSPS) is 12.7. The van der Waals surface area contributed by atoms with Crippen LogP contribution < -0.4 is 5.32 Å². The number of fused-ring (bicyclic) bond motifs is 1. The molecule has 0 atom stereocenters. The molecule has 0 fully saturated rings. The van der Waals surface area contributed by atoms with Crippen LogP contribution in [0.2, 0.25) is 0 Å². The quantitative estimate of drug-likeness (QED) is 0.620. The predicted molar refractivity (Wildman–Crippen MR) is 98.1 cm³/mol. The number of thiophene rings is 1. The summed E-state index contributed by atoms with van der Waals surface area (Å²) in [6, 6.07) is 9.71. The lowest BCUT2D eigenvalue weighted by Gasteiger charge is -2.06. The van der Waals surface area contributed by atoms with Crippen molar-refractivity contribution in [2.24, 2.45) is 0 Å². The minimum atomic E-state index is -0.210. The van der Waals surface area contributed by atoms with E-state index in [0.29, 0.717) is 12.2 Å². The molecule has 1 N–H and O–H groups in total. The molecule has 6 heteroatoms. The van der Waals surface area contributed by atoms with E-state index >= 15 is 0 Å². The van der Waals surface area contributed by atoms with E-state index in [-0.39, 0.29) is 11.9 Å². The van der Waals surface area contributed by atoms with Crippen molar-refractivity contribution in [3.63, 3.8) is 0 Å². The third kappa shape index (κ3) is 4.19. The van der Waals surface area contributed by atoms with Crippen LogP contribution in [0.1, 0.15) is 33.0 Å². The first-order valence-electron chi connectivity index (χ1n) is 7.88. The van der Waals surface area contributed by atoms with Crippen LogP contribution in [0.5, 0.6) is 0 Å². The molecule has 0 aliphatic heterocycles. The second kappa shape index (κ2) is 7.85. The molecule has 1 aliphatic carbocycles. The minimum absolute atomic E-state index is 0.0499. The first-order chi connectivity index (χ1) is 11.7. The Morgan fingerprint density at radius 3 is 2.96 bits per heavy atom. The lowest BCUT2D eigenvalue weighted by molar-refractivity contribution is -0.140. The number of methoxy groups -OCH3 is 1. The maximum Gasteiger partial charge on any atom is 0.306 e. The Labute approximate surface area is 149 Å². The van der Waals surface area contributed by atoms with Crippen molar-refractivity contribution in [2.45, 2.75) is 30.6 Å². The zero-order chi connectivity index (χ0) is 16.9. The summed E-state index contributed by atoms with van der Waals surface area (Å²) in [7, 11) is 1.39. The summed E-state index contributed by atoms with van der Waals surface area (Å²) >= 11 is 3.18. The van der Waals surface area contributed by atoms with Gasteiger partial charge in [0.05, 0.1) is 18.4 Å². The van der Waals surface area contributed by atoms with E-state index in [1.807, 2.05) is 30.3 Å². The number of esters is 1. The summed E-state index contributed by atoms with van der Waals surface area (Å²) in [5.41, 5.74) is 2.11. The SMILES string of the molecule is COC(=O)CCSc1cccc(NC(=O)c2cc3c(s2)CCC3)c1. The Morgan fingerprint density at radius 1 is 1.29 bits per heavy atom. The Morgan fingerprint density at radius 2 is 2.17 bits per heavy atom. The molecule has 0 bridgehead atoms. The van der Waals surface area contributed by atoms with Crippen molar-refractivity contribution in [1.82, 2.24) is 0 Å². The number of rotatable bonds is 6. The Bertz CT molecular complexity index is 733. The molecule has 24 heavy (non-hydrogen) atoms. The number of hydrogen-bond acceptors (Lipinski definition) is 5. The molecule has 126 valence electrons. The molecule has 1 aromatic heterocycles. The highest BCUT2D eigenvalue weighted by Crippen LogP contribution is 2.31. The zero-order valence-electron chi connectivity index (χ0n) is 13.5. The van der Waals surface area contributed by atoms with Crippen molar-refractivity contribution in [3.05, 3.63) is 45.6 Å². The van der Waals surface area contributed by atoms with Crippen LogP contribution in [0.15, 0.2) is 35.2 Å². The second-order valence-corrected chi connectivity index (χ2v) is 7.87. The van der Waals surface area contributed by atoms with Crippen LogP contribution in [-0.2, 0) is 22.4 Å². The fourth-order valence-electron chi connectivity index (χ4n) is 2.65. The number of aryl methyl sites for hydroxylation is 2. The molecular formula is C18H19NO3S2. The summed E-state index contributed by atoms with van der Waals surface area (Å²) in [5.74, 6) is 0.394.